The van der Waals surface area contributed by atoms with Gasteiger partial charge in [-0.1, -0.05) is 6.07 Å². The molecule has 1 saturated heterocycles. The van der Waals surface area contributed by atoms with Gasteiger partial charge >= 0.3 is 0 Å². The molecule has 0 spiro atoms. The van der Waals surface area contributed by atoms with Gasteiger partial charge < -0.3 is 10.1 Å². The number of hydrogen-bond donors (Lipinski definition) is 1. The van der Waals surface area contributed by atoms with E-state index in [2.05, 4.69) is 32.2 Å². The largest absolute Gasteiger partial charge is 0.496 e. The molecule has 1 aliphatic rings. The Morgan fingerprint density at radius 2 is 2.06 bits per heavy atom. The molecule has 2 rings (SSSR count). The Balaban J connectivity index is 2.40. The summed E-state index contributed by atoms with van der Waals surface area (Å²) in [4.78, 5) is 0. The van der Waals surface area contributed by atoms with Gasteiger partial charge in [-0.05, 0) is 43.0 Å². The molecule has 1 heterocycles. The SMILES string of the molecule is COc1c(C)cc(C2CSCCN2)c(C)c1C. The molecule has 94 valence electrons. The zero-order chi connectivity index (χ0) is 12.4. The fourth-order valence-corrected chi connectivity index (χ4v) is 3.49. The lowest BCUT2D eigenvalue weighted by molar-refractivity contribution is 0.407. The fraction of sp³-hybridized carbons (Fsp3) is 0.571. The lowest BCUT2D eigenvalue weighted by atomic mass is 9.94. The van der Waals surface area contributed by atoms with Crippen LogP contribution in [0.15, 0.2) is 6.07 Å². The Bertz CT molecular complexity index is 411. The van der Waals surface area contributed by atoms with Crippen LogP contribution in [0.3, 0.4) is 0 Å². The van der Waals surface area contributed by atoms with Gasteiger partial charge in [0.05, 0.1) is 7.11 Å². The molecule has 2 nitrogen and oxygen atoms in total. The van der Waals surface area contributed by atoms with E-state index in [-0.39, 0.29) is 0 Å². The van der Waals surface area contributed by atoms with Gasteiger partial charge in [0.15, 0.2) is 0 Å². The summed E-state index contributed by atoms with van der Waals surface area (Å²) in [6.45, 7) is 7.60. The highest BCUT2D eigenvalue weighted by molar-refractivity contribution is 7.99. The summed E-state index contributed by atoms with van der Waals surface area (Å²) >= 11 is 2.03. The topological polar surface area (TPSA) is 21.3 Å². The van der Waals surface area contributed by atoms with Gasteiger partial charge in [0.2, 0.25) is 0 Å². The third-order valence-electron chi connectivity index (χ3n) is 3.57. The quantitative estimate of drug-likeness (QED) is 0.873. The van der Waals surface area contributed by atoms with E-state index in [1.54, 1.807) is 7.11 Å². The predicted octanol–water partition coefficient (Wildman–Crippen LogP) is 3.00. The zero-order valence-electron chi connectivity index (χ0n) is 11.1. The number of aryl methyl sites for hydroxylation is 1. The van der Waals surface area contributed by atoms with E-state index in [9.17, 15) is 0 Å². The molecule has 0 aliphatic carbocycles. The van der Waals surface area contributed by atoms with E-state index in [0.717, 1.165) is 12.3 Å². The minimum absolute atomic E-state index is 0.497. The standard InChI is InChI=1S/C14H21NOS/c1-9-7-12(13-8-17-6-5-15-13)10(2)11(3)14(9)16-4/h7,13,15H,5-6,8H2,1-4H3. The summed E-state index contributed by atoms with van der Waals surface area (Å²) in [5.41, 5.74) is 5.32. The number of rotatable bonds is 2. The second kappa shape index (κ2) is 5.32. The van der Waals surface area contributed by atoms with Gasteiger partial charge in [0.1, 0.15) is 5.75 Å². The summed E-state index contributed by atoms with van der Waals surface area (Å²) < 4.78 is 5.47. The van der Waals surface area contributed by atoms with Gasteiger partial charge in [-0.3, -0.25) is 0 Å². The lowest BCUT2D eigenvalue weighted by Crippen LogP contribution is -2.31. The van der Waals surface area contributed by atoms with Crippen molar-refractivity contribution in [3.05, 3.63) is 28.3 Å². The maximum absolute atomic E-state index is 5.47. The third kappa shape index (κ3) is 2.45. The molecule has 1 aliphatic heterocycles. The first-order valence-electron chi connectivity index (χ1n) is 6.11. The smallest absolute Gasteiger partial charge is 0.124 e. The van der Waals surface area contributed by atoms with Crippen LogP contribution in [-0.4, -0.2) is 25.2 Å². The van der Waals surface area contributed by atoms with E-state index in [1.165, 1.54) is 33.8 Å². The Morgan fingerprint density at radius 1 is 1.29 bits per heavy atom. The van der Waals surface area contributed by atoms with Gasteiger partial charge in [-0.15, -0.1) is 0 Å². The van der Waals surface area contributed by atoms with Gasteiger partial charge in [0.25, 0.3) is 0 Å². The van der Waals surface area contributed by atoms with Crippen LogP contribution < -0.4 is 10.1 Å². The van der Waals surface area contributed by atoms with E-state index in [4.69, 9.17) is 4.74 Å². The molecular formula is C14H21NOS. The normalized spacial score (nSPS) is 20.4. The van der Waals surface area contributed by atoms with E-state index in [0.29, 0.717) is 6.04 Å². The number of methoxy groups -OCH3 is 1. The molecule has 17 heavy (non-hydrogen) atoms. The molecular weight excluding hydrogens is 230 g/mol. The lowest BCUT2D eigenvalue weighted by Gasteiger charge is -2.27. The molecule has 1 aromatic rings. The Hall–Kier alpha value is -0.670. The minimum Gasteiger partial charge on any atom is -0.496 e. The Morgan fingerprint density at radius 3 is 2.65 bits per heavy atom. The number of thioether (sulfide) groups is 1. The van der Waals surface area contributed by atoms with Crippen molar-refractivity contribution >= 4 is 11.8 Å². The molecule has 1 atom stereocenters. The number of ether oxygens (including phenoxy) is 1. The first-order valence-corrected chi connectivity index (χ1v) is 7.26. The van der Waals surface area contributed by atoms with Crippen molar-refractivity contribution in [1.82, 2.24) is 5.32 Å². The summed E-state index contributed by atoms with van der Waals surface area (Å²) in [5.74, 6) is 3.44. The van der Waals surface area contributed by atoms with Gasteiger partial charge in [-0.2, -0.15) is 11.8 Å². The average Bonchev–Trinajstić information content (AvgIpc) is 2.35. The van der Waals surface area contributed by atoms with Crippen LogP contribution in [0, 0.1) is 20.8 Å². The summed E-state index contributed by atoms with van der Waals surface area (Å²) in [5, 5.41) is 3.61. The monoisotopic (exact) mass is 251 g/mol. The molecule has 0 radical (unpaired) electrons. The van der Waals surface area contributed by atoms with Crippen LogP contribution >= 0.6 is 11.8 Å². The second-order valence-corrected chi connectivity index (χ2v) is 5.80. The van der Waals surface area contributed by atoms with Crippen molar-refractivity contribution in [3.8, 4) is 5.75 Å². The molecule has 1 unspecified atom stereocenters. The third-order valence-corrected chi connectivity index (χ3v) is 4.63. The van der Waals surface area contributed by atoms with Crippen LogP contribution in [0.25, 0.3) is 0 Å². The first-order chi connectivity index (χ1) is 8.15. The van der Waals surface area contributed by atoms with Crippen LogP contribution in [0.1, 0.15) is 28.3 Å². The molecule has 0 aromatic heterocycles. The molecule has 0 saturated carbocycles. The highest BCUT2D eigenvalue weighted by Crippen LogP contribution is 2.33. The zero-order valence-corrected chi connectivity index (χ0v) is 11.9. The van der Waals surface area contributed by atoms with E-state index >= 15 is 0 Å². The van der Waals surface area contributed by atoms with Crippen molar-refractivity contribution in [2.75, 3.05) is 25.2 Å². The second-order valence-electron chi connectivity index (χ2n) is 4.65. The van der Waals surface area contributed by atoms with Crippen molar-refractivity contribution in [2.45, 2.75) is 26.8 Å². The highest BCUT2D eigenvalue weighted by atomic mass is 32.2. The molecule has 0 bridgehead atoms. The fourth-order valence-electron chi connectivity index (χ4n) is 2.53. The number of benzene rings is 1. The first kappa shape index (κ1) is 12.8. The summed E-state index contributed by atoms with van der Waals surface area (Å²) in [6.07, 6.45) is 0. The van der Waals surface area contributed by atoms with Crippen LogP contribution in [-0.2, 0) is 0 Å². The molecule has 1 fully saturated rings. The molecule has 1 N–H and O–H groups in total. The van der Waals surface area contributed by atoms with Crippen LogP contribution in [0.5, 0.6) is 5.75 Å². The minimum atomic E-state index is 0.497. The van der Waals surface area contributed by atoms with E-state index in [1.807, 2.05) is 11.8 Å². The summed E-state index contributed by atoms with van der Waals surface area (Å²) in [7, 11) is 1.75. The Kier molecular flexibility index (Phi) is 4.00. The molecule has 1 aromatic carbocycles. The van der Waals surface area contributed by atoms with Crippen LogP contribution in [0.2, 0.25) is 0 Å². The maximum atomic E-state index is 5.47. The average molecular weight is 251 g/mol. The van der Waals surface area contributed by atoms with Crippen LogP contribution in [0.4, 0.5) is 0 Å². The molecule has 3 heteroatoms. The van der Waals surface area contributed by atoms with Crippen molar-refractivity contribution in [3.63, 3.8) is 0 Å². The number of nitrogens with one attached hydrogen (secondary N) is 1. The predicted molar refractivity (Wildman–Crippen MR) is 75.3 cm³/mol. The number of hydrogen-bond acceptors (Lipinski definition) is 3. The van der Waals surface area contributed by atoms with Gasteiger partial charge in [0, 0.05) is 24.1 Å². The Labute approximate surface area is 108 Å². The van der Waals surface area contributed by atoms with Gasteiger partial charge in [-0.25, -0.2) is 0 Å². The van der Waals surface area contributed by atoms with Crippen molar-refractivity contribution in [2.24, 2.45) is 0 Å². The highest BCUT2D eigenvalue weighted by Gasteiger charge is 2.20. The molecule has 0 amide bonds. The van der Waals surface area contributed by atoms with Crippen molar-refractivity contribution in [1.29, 1.82) is 0 Å². The van der Waals surface area contributed by atoms with E-state index < -0.39 is 0 Å². The van der Waals surface area contributed by atoms with Crippen molar-refractivity contribution < 1.29 is 4.74 Å². The summed E-state index contributed by atoms with van der Waals surface area (Å²) in [6, 6.07) is 2.78. The maximum Gasteiger partial charge on any atom is 0.124 e.